The molecule has 1 saturated carbocycles. The minimum atomic E-state index is -0.495. The first-order valence-corrected chi connectivity index (χ1v) is 7.16. The first-order chi connectivity index (χ1) is 8.81. The summed E-state index contributed by atoms with van der Waals surface area (Å²) in [4.78, 5) is 0. The van der Waals surface area contributed by atoms with E-state index >= 15 is 0 Å². The van der Waals surface area contributed by atoms with Gasteiger partial charge in [0.1, 0.15) is 6.10 Å². The average molecular weight is 248 g/mol. The fourth-order valence-corrected chi connectivity index (χ4v) is 2.85. The monoisotopic (exact) mass is 248 g/mol. The fraction of sp³-hybridized carbons (Fsp3) is 0.625. The Kier molecular flexibility index (Phi) is 5.21. The van der Waals surface area contributed by atoms with Crippen molar-refractivity contribution in [1.29, 1.82) is 0 Å². The number of hydrogen-bond donors (Lipinski definition) is 1. The van der Waals surface area contributed by atoms with E-state index in [1.807, 2.05) is 30.3 Å². The van der Waals surface area contributed by atoms with Crippen LogP contribution in [0.25, 0.3) is 0 Å². The van der Waals surface area contributed by atoms with E-state index in [9.17, 15) is 5.11 Å². The van der Waals surface area contributed by atoms with Gasteiger partial charge in [0.05, 0.1) is 12.7 Å². The van der Waals surface area contributed by atoms with Crippen LogP contribution in [0.4, 0.5) is 0 Å². The second kappa shape index (κ2) is 6.91. The van der Waals surface area contributed by atoms with Gasteiger partial charge in [-0.05, 0) is 24.3 Å². The van der Waals surface area contributed by atoms with Gasteiger partial charge in [-0.3, -0.25) is 0 Å². The van der Waals surface area contributed by atoms with E-state index in [1.165, 1.54) is 25.7 Å². The molecule has 2 rings (SSSR count). The maximum absolute atomic E-state index is 10.1. The van der Waals surface area contributed by atoms with Crippen molar-refractivity contribution < 1.29 is 9.84 Å². The van der Waals surface area contributed by atoms with E-state index in [0.717, 1.165) is 12.0 Å². The molecule has 1 fully saturated rings. The predicted octanol–water partition coefficient (Wildman–Crippen LogP) is 3.71. The van der Waals surface area contributed by atoms with Gasteiger partial charge in [-0.25, -0.2) is 0 Å². The molecular formula is C16H24O2. The SMILES string of the molecule is CCC1CCCCC1OCC(O)c1ccccc1. The third-order valence-electron chi connectivity index (χ3n) is 4.02. The number of aliphatic hydroxyl groups excluding tert-OH is 1. The van der Waals surface area contributed by atoms with Crippen molar-refractivity contribution in [3.8, 4) is 0 Å². The van der Waals surface area contributed by atoms with Gasteiger partial charge < -0.3 is 9.84 Å². The molecule has 0 heterocycles. The molecule has 0 saturated heterocycles. The Labute approximate surface area is 110 Å². The van der Waals surface area contributed by atoms with Crippen molar-refractivity contribution in [2.45, 2.75) is 51.2 Å². The van der Waals surface area contributed by atoms with Gasteiger partial charge in [0.25, 0.3) is 0 Å². The van der Waals surface area contributed by atoms with Crippen LogP contribution in [0.15, 0.2) is 30.3 Å². The minimum absolute atomic E-state index is 0.349. The molecule has 1 aromatic rings. The molecule has 0 aliphatic heterocycles. The number of hydrogen-bond acceptors (Lipinski definition) is 2. The van der Waals surface area contributed by atoms with Crippen molar-refractivity contribution in [1.82, 2.24) is 0 Å². The summed E-state index contributed by atoms with van der Waals surface area (Å²) in [6.45, 7) is 2.66. The lowest BCUT2D eigenvalue weighted by Gasteiger charge is -2.31. The van der Waals surface area contributed by atoms with Crippen molar-refractivity contribution in [2.24, 2.45) is 5.92 Å². The van der Waals surface area contributed by atoms with Gasteiger partial charge in [-0.1, -0.05) is 56.5 Å². The number of benzene rings is 1. The zero-order valence-corrected chi connectivity index (χ0v) is 11.2. The molecule has 18 heavy (non-hydrogen) atoms. The molecule has 100 valence electrons. The maximum Gasteiger partial charge on any atom is 0.102 e. The highest BCUT2D eigenvalue weighted by atomic mass is 16.5. The Morgan fingerprint density at radius 2 is 1.94 bits per heavy atom. The minimum Gasteiger partial charge on any atom is -0.386 e. The van der Waals surface area contributed by atoms with Crippen LogP contribution < -0.4 is 0 Å². The summed E-state index contributed by atoms with van der Waals surface area (Å²) in [5.74, 6) is 0.682. The lowest BCUT2D eigenvalue weighted by Crippen LogP contribution is -2.28. The molecule has 1 N–H and O–H groups in total. The molecule has 1 aliphatic rings. The molecular weight excluding hydrogens is 224 g/mol. The topological polar surface area (TPSA) is 29.5 Å². The largest absolute Gasteiger partial charge is 0.386 e. The zero-order chi connectivity index (χ0) is 12.8. The summed E-state index contributed by atoms with van der Waals surface area (Å²) in [6, 6.07) is 9.77. The summed E-state index contributed by atoms with van der Waals surface area (Å²) < 4.78 is 5.95. The summed E-state index contributed by atoms with van der Waals surface area (Å²) >= 11 is 0. The lowest BCUT2D eigenvalue weighted by molar-refractivity contribution is -0.0514. The summed E-state index contributed by atoms with van der Waals surface area (Å²) in [7, 11) is 0. The third-order valence-corrected chi connectivity index (χ3v) is 4.02. The van der Waals surface area contributed by atoms with Gasteiger partial charge in [0.2, 0.25) is 0 Å². The Hall–Kier alpha value is -0.860. The van der Waals surface area contributed by atoms with Crippen molar-refractivity contribution in [2.75, 3.05) is 6.61 Å². The Morgan fingerprint density at radius 3 is 2.67 bits per heavy atom. The Morgan fingerprint density at radius 1 is 1.22 bits per heavy atom. The third kappa shape index (κ3) is 3.56. The predicted molar refractivity (Wildman–Crippen MR) is 73.4 cm³/mol. The fourth-order valence-electron chi connectivity index (χ4n) is 2.85. The normalized spacial score (nSPS) is 25.9. The number of ether oxygens (including phenoxy) is 1. The van der Waals surface area contributed by atoms with Crippen LogP contribution in [0, 0.1) is 5.92 Å². The van der Waals surface area contributed by atoms with Crippen molar-refractivity contribution >= 4 is 0 Å². The lowest BCUT2D eigenvalue weighted by atomic mass is 9.85. The van der Waals surface area contributed by atoms with Crippen LogP contribution in [-0.4, -0.2) is 17.8 Å². The van der Waals surface area contributed by atoms with E-state index in [4.69, 9.17) is 4.74 Å². The molecule has 0 aromatic heterocycles. The molecule has 0 radical (unpaired) electrons. The number of aliphatic hydroxyl groups is 1. The molecule has 2 heteroatoms. The smallest absolute Gasteiger partial charge is 0.102 e. The van der Waals surface area contributed by atoms with Crippen LogP contribution in [-0.2, 0) is 4.74 Å². The second-order valence-corrected chi connectivity index (χ2v) is 5.25. The van der Waals surface area contributed by atoms with Gasteiger partial charge in [-0.15, -0.1) is 0 Å². The van der Waals surface area contributed by atoms with E-state index in [0.29, 0.717) is 18.6 Å². The highest BCUT2D eigenvalue weighted by molar-refractivity contribution is 5.17. The van der Waals surface area contributed by atoms with E-state index in [1.54, 1.807) is 0 Å². The van der Waals surface area contributed by atoms with Gasteiger partial charge >= 0.3 is 0 Å². The quantitative estimate of drug-likeness (QED) is 0.861. The van der Waals surface area contributed by atoms with Crippen LogP contribution in [0.3, 0.4) is 0 Å². The molecule has 3 unspecified atom stereocenters. The summed E-state index contributed by atoms with van der Waals surface area (Å²) in [5, 5.41) is 10.1. The summed E-state index contributed by atoms with van der Waals surface area (Å²) in [6.07, 6.45) is 6.07. The van der Waals surface area contributed by atoms with Crippen molar-refractivity contribution in [3.05, 3.63) is 35.9 Å². The van der Waals surface area contributed by atoms with Gasteiger partial charge in [-0.2, -0.15) is 0 Å². The maximum atomic E-state index is 10.1. The standard InChI is InChI=1S/C16H24O2/c1-2-13-8-6-7-11-16(13)18-12-15(17)14-9-4-3-5-10-14/h3-5,9-10,13,15-17H,2,6-8,11-12H2,1H3. The Balaban J connectivity index is 1.83. The molecule has 0 bridgehead atoms. The molecule has 1 aliphatic carbocycles. The highest BCUT2D eigenvalue weighted by Crippen LogP contribution is 2.29. The van der Waals surface area contributed by atoms with E-state index in [2.05, 4.69) is 6.92 Å². The Bertz CT molecular complexity index is 336. The van der Waals surface area contributed by atoms with E-state index in [-0.39, 0.29) is 0 Å². The van der Waals surface area contributed by atoms with Gasteiger partial charge in [0, 0.05) is 0 Å². The first kappa shape index (κ1) is 13.6. The molecule has 1 aromatic carbocycles. The van der Waals surface area contributed by atoms with Gasteiger partial charge in [0.15, 0.2) is 0 Å². The number of rotatable bonds is 5. The highest BCUT2D eigenvalue weighted by Gasteiger charge is 2.25. The molecule has 0 amide bonds. The molecule has 2 nitrogen and oxygen atoms in total. The van der Waals surface area contributed by atoms with E-state index < -0.39 is 6.10 Å². The summed E-state index contributed by atoms with van der Waals surface area (Å²) in [5.41, 5.74) is 0.946. The molecule has 3 atom stereocenters. The van der Waals surface area contributed by atoms with Crippen LogP contribution in [0.5, 0.6) is 0 Å². The van der Waals surface area contributed by atoms with Crippen LogP contribution >= 0.6 is 0 Å². The second-order valence-electron chi connectivity index (χ2n) is 5.25. The zero-order valence-electron chi connectivity index (χ0n) is 11.2. The first-order valence-electron chi connectivity index (χ1n) is 7.16. The molecule has 0 spiro atoms. The van der Waals surface area contributed by atoms with Crippen molar-refractivity contribution in [3.63, 3.8) is 0 Å². The average Bonchev–Trinajstić information content (AvgIpc) is 2.46. The van der Waals surface area contributed by atoms with Crippen LogP contribution in [0.2, 0.25) is 0 Å². The van der Waals surface area contributed by atoms with Crippen LogP contribution in [0.1, 0.15) is 50.7 Å².